The number of anilines is 1. The number of primary amides is 1. The Morgan fingerprint density at radius 2 is 1.71 bits per heavy atom. The third kappa shape index (κ3) is 4.32. The lowest BCUT2D eigenvalue weighted by molar-refractivity contribution is -0.118. The van der Waals surface area contributed by atoms with Crippen molar-refractivity contribution in [3.63, 3.8) is 0 Å². The van der Waals surface area contributed by atoms with Crippen LogP contribution in [0.15, 0.2) is 53.4 Å². The average Bonchev–Trinajstić information content (AvgIpc) is 2.52. The van der Waals surface area contributed by atoms with Gasteiger partial charge in [-0.15, -0.1) is 0 Å². The van der Waals surface area contributed by atoms with E-state index in [1.165, 1.54) is 24.3 Å². The Hall–Kier alpha value is -2.87. The molecule has 8 heteroatoms. The molecular formula is C16H16N2O5S. The van der Waals surface area contributed by atoms with Crippen LogP contribution in [0.3, 0.4) is 0 Å². The number of carbonyl (C=O) groups is 2. The van der Waals surface area contributed by atoms with Gasteiger partial charge in [0.15, 0.2) is 16.4 Å². The van der Waals surface area contributed by atoms with Crippen LogP contribution in [0.4, 0.5) is 5.69 Å². The lowest BCUT2D eigenvalue weighted by Gasteiger charge is -2.11. The first-order valence-electron chi connectivity index (χ1n) is 6.89. The number of para-hydroxylation sites is 2. The van der Waals surface area contributed by atoms with Crippen LogP contribution in [0.5, 0.6) is 5.75 Å². The summed E-state index contributed by atoms with van der Waals surface area (Å²) in [5.41, 5.74) is 5.54. The van der Waals surface area contributed by atoms with Crippen molar-refractivity contribution < 1.29 is 22.7 Å². The van der Waals surface area contributed by atoms with Gasteiger partial charge in [-0.1, -0.05) is 24.3 Å². The molecule has 0 aromatic heterocycles. The summed E-state index contributed by atoms with van der Waals surface area (Å²) < 4.78 is 28.7. The van der Waals surface area contributed by atoms with Crippen molar-refractivity contribution in [3.8, 4) is 5.75 Å². The van der Waals surface area contributed by atoms with Crippen LogP contribution in [-0.4, -0.2) is 33.1 Å². The second kappa shape index (κ2) is 7.14. The highest BCUT2D eigenvalue weighted by Gasteiger charge is 2.15. The first-order chi connectivity index (χ1) is 11.3. The van der Waals surface area contributed by atoms with Crippen molar-refractivity contribution in [2.75, 3.05) is 18.2 Å². The van der Waals surface area contributed by atoms with Crippen molar-refractivity contribution in [2.45, 2.75) is 4.90 Å². The second-order valence-electron chi connectivity index (χ2n) is 4.97. The summed E-state index contributed by atoms with van der Waals surface area (Å²) >= 11 is 0. The molecule has 2 amide bonds. The smallest absolute Gasteiger partial charge is 0.262 e. The van der Waals surface area contributed by atoms with Crippen molar-refractivity contribution in [2.24, 2.45) is 5.73 Å². The maximum Gasteiger partial charge on any atom is 0.262 e. The minimum absolute atomic E-state index is 0.0101. The fraction of sp³-hybridized carbons (Fsp3) is 0.125. The minimum atomic E-state index is -3.48. The molecule has 0 bridgehead atoms. The van der Waals surface area contributed by atoms with Crippen molar-refractivity contribution in [1.29, 1.82) is 0 Å². The lowest BCUT2D eigenvalue weighted by atomic mass is 10.2. The molecule has 2 aromatic rings. The molecule has 2 rings (SSSR count). The predicted molar refractivity (Wildman–Crippen MR) is 88.6 cm³/mol. The van der Waals surface area contributed by atoms with Gasteiger partial charge in [0.2, 0.25) is 0 Å². The molecule has 0 radical (unpaired) electrons. The molecule has 7 nitrogen and oxygen atoms in total. The van der Waals surface area contributed by atoms with E-state index in [4.69, 9.17) is 10.5 Å². The number of benzene rings is 2. The van der Waals surface area contributed by atoms with Crippen molar-refractivity contribution in [1.82, 2.24) is 0 Å². The van der Waals surface area contributed by atoms with Crippen molar-refractivity contribution in [3.05, 3.63) is 54.1 Å². The Labute approximate surface area is 139 Å². The number of nitrogens with one attached hydrogen (secondary N) is 1. The first-order valence-corrected chi connectivity index (χ1v) is 8.79. The van der Waals surface area contributed by atoms with E-state index in [0.717, 1.165) is 6.26 Å². The number of sulfone groups is 1. The van der Waals surface area contributed by atoms with Gasteiger partial charge in [-0.2, -0.15) is 0 Å². The highest BCUT2D eigenvalue weighted by Crippen LogP contribution is 2.21. The maximum atomic E-state index is 12.0. The third-order valence-corrected chi connectivity index (χ3v) is 4.23. The average molecular weight is 348 g/mol. The standard InChI is InChI=1S/C16H16N2O5S/c1-24(21,22)14-9-5-3-7-12(14)18-15(19)10-23-13-8-4-2-6-11(13)16(17)20/h2-9H,10H2,1H3,(H2,17,20)(H,18,19). The quantitative estimate of drug-likeness (QED) is 0.814. The molecule has 0 atom stereocenters. The molecule has 0 fully saturated rings. The fourth-order valence-electron chi connectivity index (χ4n) is 2.02. The molecule has 0 unspecified atom stereocenters. The molecule has 3 N–H and O–H groups in total. The molecule has 126 valence electrons. The second-order valence-corrected chi connectivity index (χ2v) is 6.95. The van der Waals surface area contributed by atoms with E-state index in [9.17, 15) is 18.0 Å². The molecular weight excluding hydrogens is 332 g/mol. The van der Waals surface area contributed by atoms with Gasteiger partial charge in [-0.3, -0.25) is 9.59 Å². The zero-order valence-electron chi connectivity index (χ0n) is 12.9. The van der Waals surface area contributed by atoms with Gasteiger partial charge in [0.05, 0.1) is 16.1 Å². The summed E-state index contributed by atoms with van der Waals surface area (Å²) in [6.45, 7) is -0.400. The summed E-state index contributed by atoms with van der Waals surface area (Å²) in [5.74, 6) is -1.06. The normalized spacial score (nSPS) is 10.9. The molecule has 0 aliphatic rings. The Morgan fingerprint density at radius 3 is 2.38 bits per heavy atom. The molecule has 0 saturated heterocycles. The Morgan fingerprint density at radius 1 is 1.08 bits per heavy atom. The zero-order valence-corrected chi connectivity index (χ0v) is 13.7. The summed E-state index contributed by atoms with van der Waals surface area (Å²) in [4.78, 5) is 23.3. The zero-order chi connectivity index (χ0) is 17.7. The van der Waals surface area contributed by atoms with E-state index < -0.39 is 28.3 Å². The highest BCUT2D eigenvalue weighted by molar-refractivity contribution is 7.90. The van der Waals surface area contributed by atoms with Gasteiger partial charge in [0, 0.05) is 6.26 Å². The summed E-state index contributed by atoms with van der Waals surface area (Å²) in [5, 5.41) is 2.48. The van der Waals surface area contributed by atoms with E-state index in [1.807, 2.05) is 0 Å². The monoisotopic (exact) mass is 348 g/mol. The van der Waals surface area contributed by atoms with Crippen LogP contribution >= 0.6 is 0 Å². The fourth-order valence-corrected chi connectivity index (χ4v) is 2.86. The van der Waals surface area contributed by atoms with Crippen LogP contribution in [0.1, 0.15) is 10.4 Å². The number of amides is 2. The van der Waals surface area contributed by atoms with Gasteiger partial charge in [0.1, 0.15) is 5.75 Å². The number of rotatable bonds is 6. The number of carbonyl (C=O) groups excluding carboxylic acids is 2. The van der Waals surface area contributed by atoms with Gasteiger partial charge < -0.3 is 15.8 Å². The van der Waals surface area contributed by atoms with E-state index in [-0.39, 0.29) is 21.9 Å². The lowest BCUT2D eigenvalue weighted by Crippen LogP contribution is -2.22. The third-order valence-electron chi connectivity index (χ3n) is 3.07. The van der Waals surface area contributed by atoms with E-state index in [2.05, 4.69) is 5.32 Å². The van der Waals surface area contributed by atoms with E-state index in [1.54, 1.807) is 24.3 Å². The SMILES string of the molecule is CS(=O)(=O)c1ccccc1NC(=O)COc1ccccc1C(N)=O. The van der Waals surface area contributed by atoms with Crippen LogP contribution < -0.4 is 15.8 Å². The minimum Gasteiger partial charge on any atom is -0.483 e. The number of hydrogen-bond donors (Lipinski definition) is 2. The molecule has 0 aliphatic carbocycles. The summed E-state index contributed by atoms with van der Waals surface area (Å²) in [6, 6.07) is 12.3. The molecule has 0 saturated carbocycles. The van der Waals surface area contributed by atoms with E-state index >= 15 is 0 Å². The Balaban J connectivity index is 2.10. The van der Waals surface area contributed by atoms with Gasteiger partial charge in [0.25, 0.3) is 11.8 Å². The number of ether oxygens (including phenoxy) is 1. The van der Waals surface area contributed by atoms with Crippen LogP contribution in [0.25, 0.3) is 0 Å². The van der Waals surface area contributed by atoms with Crippen LogP contribution in [0, 0.1) is 0 Å². The van der Waals surface area contributed by atoms with Gasteiger partial charge in [-0.25, -0.2) is 8.42 Å². The number of nitrogens with two attached hydrogens (primary N) is 1. The van der Waals surface area contributed by atoms with Crippen LogP contribution in [0.2, 0.25) is 0 Å². The molecule has 0 heterocycles. The molecule has 24 heavy (non-hydrogen) atoms. The van der Waals surface area contributed by atoms with Gasteiger partial charge >= 0.3 is 0 Å². The predicted octanol–water partition coefficient (Wildman–Crippen LogP) is 1.21. The topological polar surface area (TPSA) is 116 Å². The van der Waals surface area contributed by atoms with Crippen LogP contribution in [-0.2, 0) is 14.6 Å². The van der Waals surface area contributed by atoms with E-state index in [0.29, 0.717) is 0 Å². The molecule has 2 aromatic carbocycles. The summed E-state index contributed by atoms with van der Waals surface area (Å²) in [6.07, 6.45) is 1.05. The Kier molecular flexibility index (Phi) is 5.20. The largest absolute Gasteiger partial charge is 0.483 e. The summed E-state index contributed by atoms with van der Waals surface area (Å²) in [7, 11) is -3.48. The first kappa shape index (κ1) is 17.5. The maximum absolute atomic E-state index is 12.0. The molecule has 0 aliphatic heterocycles. The number of hydrogen-bond acceptors (Lipinski definition) is 5. The Bertz CT molecular complexity index is 878. The van der Waals surface area contributed by atoms with Gasteiger partial charge in [-0.05, 0) is 24.3 Å². The van der Waals surface area contributed by atoms with Crippen molar-refractivity contribution >= 4 is 27.3 Å². The highest BCUT2D eigenvalue weighted by atomic mass is 32.2. The molecule has 0 spiro atoms.